The van der Waals surface area contributed by atoms with Crippen LogP contribution in [0, 0.1) is 0 Å². The monoisotopic (exact) mass is 478 g/mol. The highest BCUT2D eigenvalue weighted by Gasteiger charge is 2.36. The van der Waals surface area contributed by atoms with Crippen LogP contribution in [0.25, 0.3) is 16.2 Å². The van der Waals surface area contributed by atoms with Gasteiger partial charge in [-0.15, -0.1) is 11.3 Å². The van der Waals surface area contributed by atoms with Crippen molar-refractivity contribution in [3.8, 4) is 10.6 Å². The van der Waals surface area contributed by atoms with E-state index in [0.717, 1.165) is 30.5 Å². The van der Waals surface area contributed by atoms with E-state index in [2.05, 4.69) is 25.2 Å². The van der Waals surface area contributed by atoms with Crippen LogP contribution >= 0.6 is 11.3 Å². The van der Waals surface area contributed by atoms with E-state index in [4.69, 9.17) is 0 Å². The van der Waals surface area contributed by atoms with Gasteiger partial charge in [0.2, 0.25) is 0 Å². The number of esters is 1. The predicted octanol–water partition coefficient (Wildman–Crippen LogP) is 3.81. The fourth-order valence-corrected chi connectivity index (χ4v) is 4.04. The van der Waals surface area contributed by atoms with E-state index in [9.17, 15) is 22.8 Å². The van der Waals surface area contributed by atoms with Crippen molar-refractivity contribution in [2.24, 2.45) is 7.05 Å². The lowest BCUT2D eigenvalue weighted by molar-refractivity contribution is -0.142. The largest absolute Gasteiger partial charge is 0.464 e. The van der Waals surface area contributed by atoms with Gasteiger partial charge in [0.1, 0.15) is 0 Å². The van der Waals surface area contributed by atoms with Gasteiger partial charge >= 0.3 is 12.1 Å². The second-order valence-corrected chi connectivity index (χ2v) is 8.12. The van der Waals surface area contributed by atoms with Gasteiger partial charge in [-0.3, -0.25) is 9.48 Å². The molecule has 1 N–H and O–H groups in total. The smallest absolute Gasteiger partial charge is 0.433 e. The van der Waals surface area contributed by atoms with Crippen molar-refractivity contribution < 1.29 is 27.5 Å². The SMILES string of the molecule is CCc1ccc(-c2cc(C(F)(F)F)n3nc(C(=O)Nc4cn(C)nc4C(=O)OC)cc3n2)s1. The fraction of sp³-hybridized carbons (Fsp3) is 0.250. The number of nitrogens with one attached hydrogen (secondary N) is 1. The van der Waals surface area contributed by atoms with E-state index >= 15 is 0 Å². The summed E-state index contributed by atoms with van der Waals surface area (Å²) in [6.07, 6.45) is -2.63. The molecule has 0 aliphatic rings. The van der Waals surface area contributed by atoms with E-state index in [1.165, 1.54) is 29.3 Å². The summed E-state index contributed by atoms with van der Waals surface area (Å²) in [5.74, 6) is -1.62. The molecule has 0 bridgehead atoms. The van der Waals surface area contributed by atoms with Gasteiger partial charge in [0.25, 0.3) is 5.91 Å². The first kappa shape index (κ1) is 22.5. The van der Waals surface area contributed by atoms with Crippen LogP contribution in [0.3, 0.4) is 0 Å². The molecule has 13 heteroatoms. The molecule has 0 radical (unpaired) electrons. The van der Waals surface area contributed by atoms with Crippen molar-refractivity contribution in [2.45, 2.75) is 19.5 Å². The first-order valence-corrected chi connectivity index (χ1v) is 10.4. The summed E-state index contributed by atoms with van der Waals surface area (Å²) >= 11 is 1.35. The zero-order valence-electron chi connectivity index (χ0n) is 17.6. The quantitative estimate of drug-likeness (QED) is 0.438. The third-order valence-electron chi connectivity index (χ3n) is 4.67. The molecule has 0 aliphatic heterocycles. The lowest BCUT2D eigenvalue weighted by Crippen LogP contribution is -2.16. The van der Waals surface area contributed by atoms with Crippen LogP contribution in [0.4, 0.5) is 18.9 Å². The van der Waals surface area contributed by atoms with Gasteiger partial charge in [-0.2, -0.15) is 23.4 Å². The summed E-state index contributed by atoms with van der Waals surface area (Å²) in [7, 11) is 2.69. The number of hydrogen-bond donors (Lipinski definition) is 1. The molecule has 0 aromatic carbocycles. The van der Waals surface area contributed by atoms with Gasteiger partial charge in [-0.25, -0.2) is 14.3 Å². The predicted molar refractivity (Wildman–Crippen MR) is 113 cm³/mol. The minimum atomic E-state index is -4.73. The van der Waals surface area contributed by atoms with Crippen molar-refractivity contribution >= 4 is 34.5 Å². The van der Waals surface area contributed by atoms with Crippen LogP contribution in [0.15, 0.2) is 30.5 Å². The Kier molecular flexibility index (Phi) is 5.66. The standard InChI is InChI=1S/C20H17F3N6O3S/c1-4-10-5-6-14(33-10)11-7-15(20(21,22)23)29-16(24-11)8-12(26-29)18(30)25-13-9-28(2)27-17(13)19(31)32-3/h5-9H,4H2,1-3H3,(H,25,30). The van der Waals surface area contributed by atoms with Crippen LogP contribution in [-0.2, 0) is 24.4 Å². The van der Waals surface area contributed by atoms with Crippen LogP contribution in [0.5, 0.6) is 0 Å². The molecule has 1 amide bonds. The molecular weight excluding hydrogens is 461 g/mol. The zero-order chi connectivity index (χ0) is 23.9. The van der Waals surface area contributed by atoms with E-state index in [1.54, 1.807) is 6.07 Å². The number of fused-ring (bicyclic) bond motifs is 1. The average Bonchev–Trinajstić information content (AvgIpc) is 3.49. The number of carbonyl (C=O) groups is 2. The summed E-state index contributed by atoms with van der Waals surface area (Å²) in [5.41, 5.74) is -1.52. The molecule has 4 rings (SSSR count). The van der Waals surface area contributed by atoms with E-state index in [1.807, 2.05) is 13.0 Å². The molecule has 0 atom stereocenters. The maximum atomic E-state index is 13.8. The summed E-state index contributed by atoms with van der Waals surface area (Å²) in [4.78, 5) is 30.4. The lowest BCUT2D eigenvalue weighted by atomic mass is 10.2. The van der Waals surface area contributed by atoms with Gasteiger partial charge < -0.3 is 10.1 Å². The summed E-state index contributed by atoms with van der Waals surface area (Å²) in [6, 6.07) is 5.60. The second kappa shape index (κ2) is 8.31. The number of rotatable bonds is 5. The number of carbonyl (C=O) groups excluding carboxylic acids is 2. The molecule has 4 aromatic rings. The molecule has 33 heavy (non-hydrogen) atoms. The normalized spacial score (nSPS) is 11.7. The third kappa shape index (κ3) is 4.31. The Balaban J connectivity index is 1.76. The molecule has 0 aliphatic carbocycles. The Morgan fingerprint density at radius 2 is 1.97 bits per heavy atom. The molecule has 172 valence electrons. The number of ether oxygens (including phenoxy) is 1. The Bertz CT molecular complexity index is 1370. The number of methoxy groups -OCH3 is 1. The number of aryl methyl sites for hydroxylation is 2. The molecule has 4 aromatic heterocycles. The molecule has 0 saturated heterocycles. The van der Waals surface area contributed by atoms with Gasteiger partial charge in [-0.05, 0) is 24.6 Å². The van der Waals surface area contributed by atoms with Gasteiger partial charge in [0.05, 0.1) is 23.4 Å². The Labute approximate surface area is 188 Å². The Morgan fingerprint density at radius 3 is 2.61 bits per heavy atom. The summed E-state index contributed by atoms with van der Waals surface area (Å²) in [6.45, 7) is 1.95. The molecule has 0 saturated carbocycles. The number of alkyl halides is 3. The molecule has 4 heterocycles. The molecular formula is C20H17F3N6O3S. The van der Waals surface area contributed by atoms with E-state index in [0.29, 0.717) is 9.39 Å². The van der Waals surface area contributed by atoms with Crippen LogP contribution < -0.4 is 5.32 Å². The second-order valence-electron chi connectivity index (χ2n) is 6.95. The minimum absolute atomic E-state index is 0.0294. The van der Waals surface area contributed by atoms with Crippen molar-refractivity contribution in [3.05, 3.63) is 52.4 Å². The number of amides is 1. The van der Waals surface area contributed by atoms with Crippen molar-refractivity contribution in [2.75, 3.05) is 12.4 Å². The zero-order valence-corrected chi connectivity index (χ0v) is 18.4. The topological polar surface area (TPSA) is 103 Å². The Hall–Kier alpha value is -3.74. The van der Waals surface area contributed by atoms with Crippen LogP contribution in [0.2, 0.25) is 0 Å². The number of thiophene rings is 1. The van der Waals surface area contributed by atoms with E-state index in [-0.39, 0.29) is 28.4 Å². The van der Waals surface area contributed by atoms with Crippen molar-refractivity contribution in [1.29, 1.82) is 0 Å². The van der Waals surface area contributed by atoms with Gasteiger partial charge in [0.15, 0.2) is 22.7 Å². The molecule has 9 nitrogen and oxygen atoms in total. The van der Waals surface area contributed by atoms with Crippen molar-refractivity contribution in [1.82, 2.24) is 24.4 Å². The number of aromatic nitrogens is 5. The number of nitrogens with zero attached hydrogens (tertiary/aromatic N) is 5. The summed E-state index contributed by atoms with van der Waals surface area (Å²) < 4.78 is 47.8. The third-order valence-corrected chi connectivity index (χ3v) is 5.92. The summed E-state index contributed by atoms with van der Waals surface area (Å²) in [5, 5.41) is 10.2. The Morgan fingerprint density at radius 1 is 1.21 bits per heavy atom. The van der Waals surface area contributed by atoms with Crippen molar-refractivity contribution in [3.63, 3.8) is 0 Å². The van der Waals surface area contributed by atoms with Gasteiger partial charge in [-0.1, -0.05) is 6.92 Å². The average molecular weight is 478 g/mol. The number of hydrogen-bond acceptors (Lipinski definition) is 7. The first-order valence-electron chi connectivity index (χ1n) is 9.61. The highest BCUT2D eigenvalue weighted by molar-refractivity contribution is 7.15. The highest BCUT2D eigenvalue weighted by atomic mass is 32.1. The minimum Gasteiger partial charge on any atom is -0.464 e. The van der Waals surface area contributed by atoms with Gasteiger partial charge in [0, 0.05) is 24.2 Å². The highest BCUT2D eigenvalue weighted by Crippen LogP contribution is 2.34. The maximum absolute atomic E-state index is 13.8. The number of anilines is 1. The maximum Gasteiger partial charge on any atom is 0.433 e. The van der Waals surface area contributed by atoms with E-state index < -0.39 is 23.7 Å². The number of halogens is 3. The molecule has 0 spiro atoms. The van der Waals surface area contributed by atoms with Crippen LogP contribution in [-0.4, -0.2) is 43.4 Å². The lowest BCUT2D eigenvalue weighted by Gasteiger charge is -2.10. The fourth-order valence-electron chi connectivity index (χ4n) is 3.13. The molecule has 0 unspecified atom stereocenters. The van der Waals surface area contributed by atoms with Crippen LogP contribution in [0.1, 0.15) is 38.5 Å². The first-order chi connectivity index (χ1) is 15.6. The molecule has 0 fully saturated rings.